The fraction of sp³-hybridized carbons (Fsp3) is 0.579. The molecule has 3 rings (SSSR count). The van der Waals surface area contributed by atoms with Crippen molar-refractivity contribution in [3.05, 3.63) is 38.9 Å². The van der Waals surface area contributed by atoms with Crippen LogP contribution >= 0.6 is 15.9 Å². The molecule has 0 N–H and O–H groups in total. The summed E-state index contributed by atoms with van der Waals surface area (Å²) in [5, 5.41) is 0.679. The topological polar surface area (TPSA) is 38.1 Å². The van der Waals surface area contributed by atoms with Crippen LogP contribution in [0.1, 0.15) is 51.4 Å². The Labute approximate surface area is 152 Å². The lowest BCUT2D eigenvalue weighted by Gasteiger charge is -2.37. The summed E-state index contributed by atoms with van der Waals surface area (Å²) in [5.74, 6) is 1.62. The lowest BCUT2D eigenvalue weighted by Crippen LogP contribution is -2.40. The van der Waals surface area contributed by atoms with E-state index in [0.717, 1.165) is 41.7 Å². The number of aromatic nitrogens is 2. The number of nitrogens with zero attached hydrogens (tertiary/aromatic N) is 3. The van der Waals surface area contributed by atoms with E-state index in [1.807, 2.05) is 25.2 Å². The first-order chi connectivity index (χ1) is 11.5. The van der Waals surface area contributed by atoms with Crippen LogP contribution in [0.3, 0.4) is 0 Å². The minimum atomic E-state index is 0.0439. The molecular formula is C19H26BrN3O. The summed E-state index contributed by atoms with van der Waals surface area (Å²) in [4.78, 5) is 20.3. The van der Waals surface area contributed by atoms with Crippen molar-refractivity contribution >= 4 is 26.8 Å². The minimum Gasteiger partial charge on any atom is -0.298 e. The van der Waals surface area contributed by atoms with Crippen LogP contribution in [0.15, 0.2) is 27.5 Å². The van der Waals surface area contributed by atoms with Gasteiger partial charge in [0.1, 0.15) is 5.82 Å². The molecule has 0 amide bonds. The third-order valence-corrected chi connectivity index (χ3v) is 5.55. The fourth-order valence-corrected chi connectivity index (χ4v) is 4.18. The maximum atomic E-state index is 12.8. The molecule has 130 valence electrons. The first kappa shape index (κ1) is 17.6. The van der Waals surface area contributed by atoms with Crippen molar-refractivity contribution in [3.8, 4) is 0 Å². The SMILES string of the molecule is CCC[C@@H](c1nc2ccc(Br)cc2c(=O)n1C)N1CCC[C@@H](C)C1. The predicted molar refractivity (Wildman–Crippen MR) is 102 cm³/mol. The third kappa shape index (κ3) is 3.42. The zero-order valence-corrected chi connectivity index (χ0v) is 16.3. The highest BCUT2D eigenvalue weighted by atomic mass is 79.9. The highest BCUT2D eigenvalue weighted by molar-refractivity contribution is 9.10. The van der Waals surface area contributed by atoms with E-state index in [1.54, 1.807) is 4.57 Å². The van der Waals surface area contributed by atoms with Crippen LogP contribution in [-0.2, 0) is 7.05 Å². The molecule has 0 spiro atoms. The van der Waals surface area contributed by atoms with Crippen LogP contribution in [0.5, 0.6) is 0 Å². The number of fused-ring (bicyclic) bond motifs is 1. The van der Waals surface area contributed by atoms with E-state index in [9.17, 15) is 4.79 Å². The Morgan fingerprint density at radius 3 is 2.92 bits per heavy atom. The molecule has 2 aromatic rings. The highest BCUT2D eigenvalue weighted by Crippen LogP contribution is 2.29. The first-order valence-corrected chi connectivity index (χ1v) is 9.70. The molecule has 4 nitrogen and oxygen atoms in total. The molecule has 1 aromatic heterocycles. The molecule has 0 aliphatic carbocycles. The summed E-state index contributed by atoms with van der Waals surface area (Å²) >= 11 is 3.45. The van der Waals surface area contributed by atoms with Gasteiger partial charge in [0.05, 0.1) is 16.9 Å². The number of likely N-dealkylation sites (tertiary alicyclic amines) is 1. The molecule has 5 heteroatoms. The van der Waals surface area contributed by atoms with Crippen LogP contribution in [0.25, 0.3) is 10.9 Å². The van der Waals surface area contributed by atoms with E-state index < -0.39 is 0 Å². The second-order valence-corrected chi connectivity index (χ2v) is 7.96. The Morgan fingerprint density at radius 2 is 2.21 bits per heavy atom. The van der Waals surface area contributed by atoms with E-state index in [-0.39, 0.29) is 11.6 Å². The Hall–Kier alpha value is -1.20. The van der Waals surface area contributed by atoms with Gasteiger partial charge in [0.15, 0.2) is 0 Å². The second kappa shape index (κ2) is 7.36. The summed E-state index contributed by atoms with van der Waals surface area (Å²) in [6, 6.07) is 5.98. The van der Waals surface area contributed by atoms with Crippen molar-refractivity contribution in [2.24, 2.45) is 13.0 Å². The maximum absolute atomic E-state index is 12.8. The molecule has 1 aliphatic heterocycles. The lowest BCUT2D eigenvalue weighted by atomic mass is 9.97. The number of halogens is 1. The van der Waals surface area contributed by atoms with Crippen molar-refractivity contribution in [3.63, 3.8) is 0 Å². The van der Waals surface area contributed by atoms with Crippen molar-refractivity contribution in [2.45, 2.75) is 45.6 Å². The van der Waals surface area contributed by atoms with E-state index in [4.69, 9.17) is 4.98 Å². The van der Waals surface area contributed by atoms with Gasteiger partial charge in [-0.1, -0.05) is 36.2 Å². The maximum Gasteiger partial charge on any atom is 0.261 e. The van der Waals surface area contributed by atoms with Gasteiger partial charge in [-0.15, -0.1) is 0 Å². The molecule has 1 saturated heterocycles. The van der Waals surface area contributed by atoms with Crippen LogP contribution in [0.4, 0.5) is 0 Å². The molecule has 0 bridgehead atoms. The van der Waals surface area contributed by atoms with E-state index in [2.05, 4.69) is 34.7 Å². The molecule has 0 saturated carbocycles. The van der Waals surface area contributed by atoms with Crippen molar-refractivity contribution in [1.82, 2.24) is 14.5 Å². The Balaban J connectivity index is 2.08. The predicted octanol–water partition coefficient (Wildman–Crippen LogP) is 4.27. The van der Waals surface area contributed by atoms with E-state index in [1.165, 1.54) is 12.8 Å². The largest absolute Gasteiger partial charge is 0.298 e. The van der Waals surface area contributed by atoms with E-state index in [0.29, 0.717) is 11.3 Å². The average Bonchev–Trinajstić information content (AvgIpc) is 2.57. The number of hydrogen-bond acceptors (Lipinski definition) is 3. The van der Waals surface area contributed by atoms with Gasteiger partial charge in [-0.3, -0.25) is 14.3 Å². The third-order valence-electron chi connectivity index (χ3n) is 5.06. The number of piperidine rings is 1. The monoisotopic (exact) mass is 391 g/mol. The first-order valence-electron chi connectivity index (χ1n) is 8.91. The van der Waals surface area contributed by atoms with Crippen LogP contribution in [0, 0.1) is 5.92 Å². The molecule has 1 aromatic carbocycles. The summed E-state index contributed by atoms with van der Waals surface area (Å²) in [7, 11) is 1.86. The molecule has 2 atom stereocenters. The molecule has 1 aliphatic rings. The van der Waals surface area contributed by atoms with Crippen molar-refractivity contribution < 1.29 is 0 Å². The van der Waals surface area contributed by atoms with Gasteiger partial charge >= 0.3 is 0 Å². The van der Waals surface area contributed by atoms with Crippen LogP contribution in [-0.4, -0.2) is 27.5 Å². The fourth-order valence-electron chi connectivity index (χ4n) is 3.82. The second-order valence-electron chi connectivity index (χ2n) is 7.04. The van der Waals surface area contributed by atoms with Crippen molar-refractivity contribution in [1.29, 1.82) is 0 Å². The zero-order valence-electron chi connectivity index (χ0n) is 14.8. The molecule has 2 heterocycles. The lowest BCUT2D eigenvalue weighted by molar-refractivity contribution is 0.115. The molecular weight excluding hydrogens is 366 g/mol. The van der Waals surface area contributed by atoms with Gasteiger partial charge in [0, 0.05) is 18.1 Å². The highest BCUT2D eigenvalue weighted by Gasteiger charge is 2.27. The number of hydrogen-bond donors (Lipinski definition) is 0. The summed E-state index contributed by atoms with van der Waals surface area (Å²) < 4.78 is 2.67. The summed E-state index contributed by atoms with van der Waals surface area (Å²) in [6.07, 6.45) is 4.65. The van der Waals surface area contributed by atoms with Gasteiger partial charge < -0.3 is 0 Å². The molecule has 1 fully saturated rings. The summed E-state index contributed by atoms with van der Waals surface area (Å²) in [6.45, 7) is 6.72. The number of benzene rings is 1. The standard InChI is InChI=1S/C19H26BrN3O/c1-4-6-17(23-10-5-7-13(2)12-23)18-21-16-9-8-14(20)11-15(16)19(24)22(18)3/h8-9,11,13,17H,4-7,10,12H2,1-3H3/t13-,17+/m1/s1. The van der Waals surface area contributed by atoms with Gasteiger partial charge in [-0.05, 0) is 49.9 Å². The van der Waals surface area contributed by atoms with Crippen molar-refractivity contribution in [2.75, 3.05) is 13.1 Å². The van der Waals surface area contributed by atoms with E-state index >= 15 is 0 Å². The molecule has 0 radical (unpaired) electrons. The van der Waals surface area contributed by atoms with Crippen LogP contribution < -0.4 is 5.56 Å². The van der Waals surface area contributed by atoms with Crippen LogP contribution in [0.2, 0.25) is 0 Å². The zero-order chi connectivity index (χ0) is 17.3. The smallest absolute Gasteiger partial charge is 0.261 e. The average molecular weight is 392 g/mol. The van der Waals surface area contributed by atoms with Gasteiger partial charge in [0.25, 0.3) is 5.56 Å². The van der Waals surface area contributed by atoms with Gasteiger partial charge in [0.2, 0.25) is 0 Å². The number of rotatable bonds is 4. The Morgan fingerprint density at radius 1 is 1.42 bits per heavy atom. The normalized spacial score (nSPS) is 20.4. The van der Waals surface area contributed by atoms with Gasteiger partial charge in [-0.25, -0.2) is 4.98 Å². The Kier molecular flexibility index (Phi) is 5.40. The summed E-state index contributed by atoms with van der Waals surface area (Å²) in [5.41, 5.74) is 0.838. The molecule has 24 heavy (non-hydrogen) atoms. The van der Waals surface area contributed by atoms with Gasteiger partial charge in [-0.2, -0.15) is 0 Å². The minimum absolute atomic E-state index is 0.0439. The Bertz CT molecular complexity index is 786. The molecule has 0 unspecified atom stereocenters. The quantitative estimate of drug-likeness (QED) is 0.780.